The van der Waals surface area contributed by atoms with E-state index in [0.717, 1.165) is 22.9 Å². The lowest BCUT2D eigenvalue weighted by Gasteiger charge is -2.21. The molecule has 0 spiro atoms. The second-order valence-corrected chi connectivity index (χ2v) is 10.8. The molecule has 8 heteroatoms. The highest BCUT2D eigenvalue weighted by Gasteiger charge is 2.17. The number of nitrogens with one attached hydrogen (secondary N) is 2. The number of methoxy groups -OCH3 is 1. The van der Waals surface area contributed by atoms with Crippen molar-refractivity contribution in [2.75, 3.05) is 18.1 Å². The molecule has 0 fully saturated rings. The number of carbonyl (C=O) groups excluding carboxylic acids is 1. The third-order valence-electron chi connectivity index (χ3n) is 5.17. The van der Waals surface area contributed by atoms with E-state index in [0.29, 0.717) is 11.1 Å². The van der Waals surface area contributed by atoms with Crippen LogP contribution in [0.2, 0.25) is 0 Å². The molecule has 2 aromatic carbocycles. The van der Waals surface area contributed by atoms with Gasteiger partial charge in [-0.25, -0.2) is 13.2 Å². The number of sulfonamides is 1. The van der Waals surface area contributed by atoms with Gasteiger partial charge in [0.2, 0.25) is 10.0 Å². The van der Waals surface area contributed by atoms with Gasteiger partial charge in [-0.2, -0.15) is 0 Å². The van der Waals surface area contributed by atoms with Crippen molar-refractivity contribution < 1.29 is 17.9 Å². The average molecular weight is 481 g/mol. The Balaban J connectivity index is 2.09. The van der Waals surface area contributed by atoms with Crippen LogP contribution in [0.5, 0.6) is 0 Å². The molecule has 0 atom stereocenters. The molecule has 0 aliphatic carbocycles. The van der Waals surface area contributed by atoms with E-state index in [-0.39, 0.29) is 22.2 Å². The number of benzene rings is 2. The Morgan fingerprint density at radius 3 is 2.41 bits per heavy atom. The molecule has 3 aromatic rings. The number of hydrogen-bond acceptors (Lipinski definition) is 5. The number of H-pyrrole nitrogens is 1. The largest absolute Gasteiger partial charge is 0.465 e. The SMILES string of the molecule is COC(=O)c1cc(NS(C)(=O)=O)ccc1C=Cc1cc(-c2ccc[nH]c2=O)cc(C(C)(C)C)c1. The third-order valence-corrected chi connectivity index (χ3v) is 5.77. The lowest BCUT2D eigenvalue weighted by molar-refractivity contribution is 0.0600. The van der Waals surface area contributed by atoms with Crippen molar-refractivity contribution in [1.82, 2.24) is 4.98 Å². The first-order valence-corrected chi connectivity index (χ1v) is 12.5. The lowest BCUT2D eigenvalue weighted by Crippen LogP contribution is -2.13. The van der Waals surface area contributed by atoms with E-state index in [1.807, 2.05) is 24.3 Å². The molecule has 0 bridgehead atoms. The monoisotopic (exact) mass is 480 g/mol. The van der Waals surface area contributed by atoms with Gasteiger partial charge in [0.05, 0.1) is 18.9 Å². The molecule has 0 aliphatic heterocycles. The molecular weight excluding hydrogens is 452 g/mol. The summed E-state index contributed by atoms with van der Waals surface area (Å²) >= 11 is 0. The van der Waals surface area contributed by atoms with Crippen LogP contribution in [0.4, 0.5) is 5.69 Å². The van der Waals surface area contributed by atoms with E-state index in [1.165, 1.54) is 13.2 Å². The summed E-state index contributed by atoms with van der Waals surface area (Å²) in [7, 11) is -2.23. The van der Waals surface area contributed by atoms with E-state index < -0.39 is 16.0 Å². The van der Waals surface area contributed by atoms with Crippen molar-refractivity contribution in [3.05, 3.63) is 87.3 Å². The van der Waals surface area contributed by atoms with Gasteiger partial charge in [0.1, 0.15) is 0 Å². The summed E-state index contributed by atoms with van der Waals surface area (Å²) in [6.45, 7) is 6.28. The molecule has 1 heterocycles. The Bertz CT molecular complexity index is 1410. The molecule has 0 amide bonds. The maximum Gasteiger partial charge on any atom is 0.338 e. The number of esters is 1. The number of hydrogen-bond donors (Lipinski definition) is 2. The predicted molar refractivity (Wildman–Crippen MR) is 136 cm³/mol. The van der Waals surface area contributed by atoms with E-state index >= 15 is 0 Å². The molecule has 0 aliphatic rings. The van der Waals surface area contributed by atoms with Crippen molar-refractivity contribution >= 4 is 33.8 Å². The number of carbonyl (C=O) groups is 1. The van der Waals surface area contributed by atoms with Gasteiger partial charge in [0, 0.05) is 17.4 Å². The van der Waals surface area contributed by atoms with Crippen molar-refractivity contribution in [2.24, 2.45) is 0 Å². The van der Waals surface area contributed by atoms with Gasteiger partial charge in [0.15, 0.2) is 0 Å². The maximum atomic E-state index is 12.4. The van der Waals surface area contributed by atoms with Gasteiger partial charge >= 0.3 is 5.97 Å². The van der Waals surface area contributed by atoms with Crippen molar-refractivity contribution in [1.29, 1.82) is 0 Å². The molecule has 3 rings (SSSR count). The number of aromatic amines is 1. The second-order valence-electron chi connectivity index (χ2n) is 9.01. The number of anilines is 1. The Morgan fingerprint density at radius 1 is 1.06 bits per heavy atom. The van der Waals surface area contributed by atoms with Crippen LogP contribution in [0, 0.1) is 0 Å². The Kier molecular flexibility index (Phi) is 7.12. The van der Waals surface area contributed by atoms with Gasteiger partial charge in [-0.05, 0) is 58.0 Å². The number of ether oxygens (including phenoxy) is 1. The van der Waals surface area contributed by atoms with Gasteiger partial charge in [0.25, 0.3) is 5.56 Å². The van der Waals surface area contributed by atoms with Crippen molar-refractivity contribution in [3.63, 3.8) is 0 Å². The van der Waals surface area contributed by atoms with Gasteiger partial charge in [-0.15, -0.1) is 0 Å². The molecule has 0 radical (unpaired) electrons. The molecular formula is C26H28N2O5S. The molecule has 2 N–H and O–H groups in total. The lowest BCUT2D eigenvalue weighted by atomic mass is 9.84. The number of pyridine rings is 1. The Hall–Kier alpha value is -3.65. The quantitative estimate of drug-likeness (QED) is 0.394. The molecule has 0 saturated heterocycles. The van der Waals surface area contributed by atoms with Gasteiger partial charge in [-0.1, -0.05) is 51.1 Å². The van der Waals surface area contributed by atoms with Crippen LogP contribution >= 0.6 is 0 Å². The minimum atomic E-state index is -3.50. The van der Waals surface area contributed by atoms with Crippen LogP contribution in [0.1, 0.15) is 47.8 Å². The molecule has 0 saturated carbocycles. The molecule has 178 valence electrons. The fourth-order valence-electron chi connectivity index (χ4n) is 3.44. The van der Waals surface area contributed by atoms with E-state index in [9.17, 15) is 18.0 Å². The van der Waals surface area contributed by atoms with Gasteiger partial charge < -0.3 is 9.72 Å². The zero-order valence-electron chi connectivity index (χ0n) is 19.8. The first-order valence-electron chi connectivity index (χ1n) is 10.6. The summed E-state index contributed by atoms with van der Waals surface area (Å²) in [5.41, 5.74) is 3.96. The summed E-state index contributed by atoms with van der Waals surface area (Å²) in [4.78, 5) is 27.4. The van der Waals surface area contributed by atoms with Gasteiger partial charge in [-0.3, -0.25) is 9.52 Å². The first-order chi connectivity index (χ1) is 15.9. The average Bonchev–Trinajstić information content (AvgIpc) is 2.76. The molecule has 1 aromatic heterocycles. The highest BCUT2D eigenvalue weighted by atomic mass is 32.2. The topological polar surface area (TPSA) is 105 Å². The summed E-state index contributed by atoms with van der Waals surface area (Å²) < 4.78 is 30.4. The van der Waals surface area contributed by atoms with Crippen LogP contribution in [0.15, 0.2) is 59.5 Å². The number of rotatable bonds is 6. The highest BCUT2D eigenvalue weighted by molar-refractivity contribution is 7.92. The predicted octanol–water partition coefficient (Wildman–Crippen LogP) is 4.67. The van der Waals surface area contributed by atoms with Crippen LogP contribution in [0.3, 0.4) is 0 Å². The van der Waals surface area contributed by atoms with E-state index in [4.69, 9.17) is 4.74 Å². The minimum Gasteiger partial charge on any atom is -0.465 e. The Morgan fingerprint density at radius 2 is 1.79 bits per heavy atom. The smallest absolute Gasteiger partial charge is 0.338 e. The fraction of sp³-hybridized carbons (Fsp3) is 0.231. The molecule has 7 nitrogen and oxygen atoms in total. The molecule has 34 heavy (non-hydrogen) atoms. The fourth-order valence-corrected chi connectivity index (χ4v) is 3.99. The minimum absolute atomic E-state index is 0.156. The van der Waals surface area contributed by atoms with Crippen LogP contribution in [-0.2, 0) is 20.2 Å². The standard InChI is InChI=1S/C26H28N2O5S/c1-26(2,3)20-14-17(13-19(15-20)22-7-6-12-27-24(22)29)8-9-18-10-11-21(28-34(5,31)32)16-23(18)25(30)33-4/h6-16,28H,1-5H3,(H,27,29). The second kappa shape index (κ2) is 9.69. The van der Waals surface area contributed by atoms with E-state index in [2.05, 4.69) is 30.5 Å². The summed E-state index contributed by atoms with van der Waals surface area (Å²) in [6.07, 6.45) is 6.24. The maximum absolute atomic E-state index is 12.4. The molecule has 0 unspecified atom stereocenters. The highest BCUT2D eigenvalue weighted by Crippen LogP contribution is 2.29. The summed E-state index contributed by atoms with van der Waals surface area (Å²) in [6, 6.07) is 14.2. The Labute approximate surface area is 199 Å². The summed E-state index contributed by atoms with van der Waals surface area (Å²) in [5, 5.41) is 0. The van der Waals surface area contributed by atoms with Crippen LogP contribution in [-0.4, -0.2) is 32.7 Å². The third kappa shape index (κ3) is 6.23. The first kappa shape index (κ1) is 25.0. The van der Waals surface area contributed by atoms with Crippen molar-refractivity contribution in [3.8, 4) is 11.1 Å². The zero-order chi connectivity index (χ0) is 25.1. The summed E-state index contributed by atoms with van der Waals surface area (Å²) in [5.74, 6) is -0.586. The zero-order valence-corrected chi connectivity index (χ0v) is 20.6. The van der Waals surface area contributed by atoms with Crippen LogP contribution < -0.4 is 10.3 Å². The van der Waals surface area contributed by atoms with E-state index in [1.54, 1.807) is 36.5 Å². The van der Waals surface area contributed by atoms with Crippen molar-refractivity contribution in [2.45, 2.75) is 26.2 Å². The normalized spacial score (nSPS) is 12.0. The number of aromatic nitrogens is 1. The van der Waals surface area contributed by atoms with Crippen LogP contribution in [0.25, 0.3) is 23.3 Å².